The van der Waals surface area contributed by atoms with Crippen LogP contribution in [0.1, 0.15) is 25.3 Å². The molecule has 1 aliphatic heterocycles. The fourth-order valence-electron chi connectivity index (χ4n) is 2.53. The molecule has 4 heteroatoms. The van der Waals surface area contributed by atoms with Crippen LogP contribution in [0.25, 0.3) is 0 Å². The van der Waals surface area contributed by atoms with Gasteiger partial charge in [-0.1, -0.05) is 30.3 Å². The molecule has 19 heavy (non-hydrogen) atoms. The van der Waals surface area contributed by atoms with Gasteiger partial charge in [0.15, 0.2) is 0 Å². The van der Waals surface area contributed by atoms with Gasteiger partial charge < -0.3 is 20.1 Å². The fraction of sp³-hybridized carbons (Fsp3) is 0.600. The van der Waals surface area contributed by atoms with Gasteiger partial charge in [-0.15, -0.1) is 0 Å². The lowest BCUT2D eigenvalue weighted by Crippen LogP contribution is -2.56. The third kappa shape index (κ3) is 3.54. The Bertz CT molecular complexity index is 381. The molecule has 0 saturated carbocycles. The molecule has 1 heterocycles. The number of rotatable bonds is 4. The highest BCUT2D eigenvalue weighted by molar-refractivity contribution is 5.14. The van der Waals surface area contributed by atoms with Gasteiger partial charge in [0.1, 0.15) is 18.3 Å². The molecule has 2 rings (SSSR count). The molecule has 1 aromatic rings. The molecule has 2 unspecified atom stereocenters. The number of aliphatic hydroxyl groups excluding tert-OH is 3. The maximum Gasteiger partial charge on any atom is 0.111 e. The van der Waals surface area contributed by atoms with Gasteiger partial charge in [0.05, 0.1) is 12.2 Å². The van der Waals surface area contributed by atoms with Crippen LogP contribution in [-0.4, -0.2) is 45.8 Å². The molecule has 5 atom stereocenters. The molecule has 3 N–H and O–H groups in total. The van der Waals surface area contributed by atoms with Crippen molar-refractivity contribution < 1.29 is 20.1 Å². The van der Waals surface area contributed by atoms with Crippen LogP contribution >= 0.6 is 0 Å². The fourth-order valence-corrected chi connectivity index (χ4v) is 2.53. The predicted octanol–water partition coefficient (Wildman–Crippen LogP) is 0.879. The molecule has 1 fully saturated rings. The van der Waals surface area contributed by atoms with E-state index < -0.39 is 30.5 Å². The van der Waals surface area contributed by atoms with Crippen LogP contribution in [0.2, 0.25) is 0 Å². The van der Waals surface area contributed by atoms with Crippen molar-refractivity contribution in [2.75, 3.05) is 0 Å². The normalized spacial score (nSPS) is 35.3. The molecule has 0 radical (unpaired) electrons. The van der Waals surface area contributed by atoms with Crippen molar-refractivity contribution in [1.82, 2.24) is 0 Å². The van der Waals surface area contributed by atoms with E-state index in [1.54, 1.807) is 6.92 Å². The number of hydrogen-bond acceptors (Lipinski definition) is 4. The van der Waals surface area contributed by atoms with Gasteiger partial charge in [-0.3, -0.25) is 0 Å². The number of benzene rings is 1. The molecular formula is C15H22O4. The van der Waals surface area contributed by atoms with Gasteiger partial charge in [0, 0.05) is 0 Å². The topological polar surface area (TPSA) is 69.9 Å². The Balaban J connectivity index is 1.82. The molecule has 0 aliphatic carbocycles. The Labute approximate surface area is 113 Å². The zero-order valence-corrected chi connectivity index (χ0v) is 11.1. The Hall–Kier alpha value is -0.940. The van der Waals surface area contributed by atoms with Crippen molar-refractivity contribution in [1.29, 1.82) is 0 Å². The lowest BCUT2D eigenvalue weighted by molar-refractivity contribution is -0.218. The summed E-state index contributed by atoms with van der Waals surface area (Å²) in [6, 6.07) is 10.1. The average Bonchev–Trinajstić information content (AvgIpc) is 2.43. The third-order valence-corrected chi connectivity index (χ3v) is 3.75. The van der Waals surface area contributed by atoms with Gasteiger partial charge in [-0.05, 0) is 31.7 Å². The van der Waals surface area contributed by atoms with Crippen LogP contribution < -0.4 is 0 Å². The summed E-state index contributed by atoms with van der Waals surface area (Å²) in [5.74, 6) is 0. The quantitative estimate of drug-likeness (QED) is 0.756. The minimum Gasteiger partial charge on any atom is -0.388 e. The number of aryl methyl sites for hydroxylation is 1. The van der Waals surface area contributed by atoms with Gasteiger partial charge >= 0.3 is 0 Å². The first kappa shape index (κ1) is 14.5. The molecule has 1 aromatic carbocycles. The summed E-state index contributed by atoms with van der Waals surface area (Å²) in [7, 11) is 0. The third-order valence-electron chi connectivity index (χ3n) is 3.75. The number of ether oxygens (including phenoxy) is 1. The lowest BCUT2D eigenvalue weighted by Gasteiger charge is -2.39. The summed E-state index contributed by atoms with van der Waals surface area (Å²) < 4.78 is 5.56. The second kappa shape index (κ2) is 6.48. The average molecular weight is 266 g/mol. The highest BCUT2D eigenvalue weighted by Crippen LogP contribution is 2.24. The zero-order chi connectivity index (χ0) is 13.8. The molecule has 0 bridgehead atoms. The van der Waals surface area contributed by atoms with Gasteiger partial charge in [-0.2, -0.15) is 0 Å². The largest absolute Gasteiger partial charge is 0.388 e. The first-order chi connectivity index (χ1) is 9.09. The Morgan fingerprint density at radius 2 is 1.68 bits per heavy atom. The van der Waals surface area contributed by atoms with Crippen LogP contribution in [0.5, 0.6) is 0 Å². The summed E-state index contributed by atoms with van der Waals surface area (Å²) >= 11 is 0. The van der Waals surface area contributed by atoms with Crippen LogP contribution in [0.15, 0.2) is 30.3 Å². The van der Waals surface area contributed by atoms with E-state index in [-0.39, 0.29) is 0 Å². The van der Waals surface area contributed by atoms with Gasteiger partial charge in [-0.25, -0.2) is 0 Å². The van der Waals surface area contributed by atoms with Gasteiger partial charge in [0.25, 0.3) is 0 Å². The maximum absolute atomic E-state index is 9.89. The van der Waals surface area contributed by atoms with Crippen LogP contribution in [0.3, 0.4) is 0 Å². The van der Waals surface area contributed by atoms with E-state index in [4.69, 9.17) is 4.74 Å². The van der Waals surface area contributed by atoms with E-state index in [0.717, 1.165) is 12.8 Å². The van der Waals surface area contributed by atoms with Crippen molar-refractivity contribution in [3.63, 3.8) is 0 Å². The molecule has 1 saturated heterocycles. The summed E-state index contributed by atoms with van der Waals surface area (Å²) in [5, 5.41) is 29.2. The van der Waals surface area contributed by atoms with E-state index in [9.17, 15) is 15.3 Å². The Morgan fingerprint density at radius 3 is 2.37 bits per heavy atom. The summed E-state index contributed by atoms with van der Waals surface area (Å²) in [6.07, 6.45) is -1.53. The van der Waals surface area contributed by atoms with Crippen molar-refractivity contribution in [3.8, 4) is 0 Å². The Morgan fingerprint density at radius 1 is 1.00 bits per heavy atom. The van der Waals surface area contributed by atoms with E-state index >= 15 is 0 Å². The summed E-state index contributed by atoms with van der Waals surface area (Å²) in [4.78, 5) is 0. The monoisotopic (exact) mass is 266 g/mol. The van der Waals surface area contributed by atoms with Crippen LogP contribution in [0, 0.1) is 0 Å². The highest BCUT2D eigenvalue weighted by Gasteiger charge is 2.41. The first-order valence-electron chi connectivity index (χ1n) is 6.83. The lowest BCUT2D eigenvalue weighted by atomic mass is 9.92. The van der Waals surface area contributed by atoms with E-state index in [1.165, 1.54) is 5.56 Å². The second-order valence-corrected chi connectivity index (χ2v) is 5.23. The molecule has 0 amide bonds. The smallest absolute Gasteiger partial charge is 0.111 e. The number of hydrogen-bond donors (Lipinski definition) is 3. The van der Waals surface area contributed by atoms with Crippen molar-refractivity contribution in [2.45, 2.75) is 56.7 Å². The van der Waals surface area contributed by atoms with E-state index in [1.807, 2.05) is 18.2 Å². The summed E-state index contributed by atoms with van der Waals surface area (Å²) in [6.45, 7) is 1.71. The standard InChI is InChI=1S/C15H22O4/c1-10-13(16)15(18)14(17)12(19-10)9-5-8-11-6-3-2-4-7-11/h2-4,6-7,10,12-18H,5,8-9H2,1H3/t10?,12-,13+,14?,15-/m0/s1. The minimum absolute atomic E-state index is 0.405. The molecule has 0 aromatic heterocycles. The predicted molar refractivity (Wildman–Crippen MR) is 71.7 cm³/mol. The molecular weight excluding hydrogens is 244 g/mol. The van der Waals surface area contributed by atoms with Crippen molar-refractivity contribution in [2.24, 2.45) is 0 Å². The molecule has 0 spiro atoms. The number of aliphatic hydroxyl groups is 3. The molecule has 4 nitrogen and oxygen atoms in total. The van der Waals surface area contributed by atoms with E-state index in [2.05, 4.69) is 12.1 Å². The van der Waals surface area contributed by atoms with Crippen LogP contribution in [0.4, 0.5) is 0 Å². The van der Waals surface area contributed by atoms with Crippen molar-refractivity contribution >= 4 is 0 Å². The van der Waals surface area contributed by atoms with Crippen molar-refractivity contribution in [3.05, 3.63) is 35.9 Å². The maximum atomic E-state index is 9.89. The summed E-state index contributed by atoms with van der Waals surface area (Å²) in [5.41, 5.74) is 1.25. The Kier molecular flexibility index (Phi) is 4.93. The van der Waals surface area contributed by atoms with Crippen LogP contribution in [-0.2, 0) is 11.2 Å². The second-order valence-electron chi connectivity index (χ2n) is 5.23. The van der Waals surface area contributed by atoms with Gasteiger partial charge in [0.2, 0.25) is 0 Å². The van der Waals surface area contributed by atoms with E-state index in [0.29, 0.717) is 6.42 Å². The minimum atomic E-state index is -1.12. The highest BCUT2D eigenvalue weighted by atomic mass is 16.5. The zero-order valence-electron chi connectivity index (χ0n) is 11.1. The SMILES string of the molecule is CC1O[C@@H](CCCc2ccccc2)C(O)[C@@H](O)[C@@H]1O. The molecule has 106 valence electrons. The molecule has 1 aliphatic rings. The first-order valence-corrected chi connectivity index (χ1v) is 6.83.